The van der Waals surface area contributed by atoms with Crippen molar-refractivity contribution in [1.29, 1.82) is 0 Å². The van der Waals surface area contributed by atoms with Crippen LogP contribution < -0.4 is 10.8 Å². The molecule has 0 spiro atoms. The van der Waals surface area contributed by atoms with E-state index in [1.54, 1.807) is 11.5 Å². The smallest absolute Gasteiger partial charge is 0.284 e. The monoisotopic (exact) mass is 417 g/mol. The molecule has 0 bridgehead atoms. The van der Waals surface area contributed by atoms with Gasteiger partial charge in [-0.1, -0.05) is 12.1 Å². The molecular weight excluding hydrogens is 393 g/mol. The number of carbonyl (C=O) groups is 2. The summed E-state index contributed by atoms with van der Waals surface area (Å²) in [5, 5.41) is 12.3. The fourth-order valence-electron chi connectivity index (χ4n) is 3.90. The number of amides is 2. The lowest BCUT2D eigenvalue weighted by atomic mass is 10.1. The molecule has 4 rings (SSSR count). The van der Waals surface area contributed by atoms with E-state index in [1.165, 1.54) is 23.5 Å². The van der Waals surface area contributed by atoms with Crippen molar-refractivity contribution >= 4 is 23.2 Å². The second kappa shape index (κ2) is 8.61. The second-order valence-corrected chi connectivity index (χ2v) is 8.76. The highest BCUT2D eigenvalue weighted by Gasteiger charge is 2.37. The van der Waals surface area contributed by atoms with Gasteiger partial charge in [0.2, 0.25) is 5.91 Å². The van der Waals surface area contributed by atoms with Crippen molar-refractivity contribution in [3.63, 3.8) is 0 Å². The summed E-state index contributed by atoms with van der Waals surface area (Å²) in [6.07, 6.45) is 3.06. The second-order valence-electron chi connectivity index (χ2n) is 7.62. The van der Waals surface area contributed by atoms with Crippen LogP contribution in [0.3, 0.4) is 0 Å². The Kier molecular flexibility index (Phi) is 5.94. The Labute approximate surface area is 172 Å². The summed E-state index contributed by atoms with van der Waals surface area (Å²) in [5.41, 5.74) is 3.81. The lowest BCUT2D eigenvalue weighted by molar-refractivity contribution is -0.132. The molecule has 1 aliphatic heterocycles. The molecule has 154 valence electrons. The molecule has 2 atom stereocenters. The Morgan fingerprint density at radius 2 is 2.07 bits per heavy atom. The molecule has 1 aromatic heterocycles. The zero-order valence-corrected chi connectivity index (χ0v) is 16.8. The van der Waals surface area contributed by atoms with Crippen LogP contribution in [0.1, 0.15) is 50.9 Å². The minimum absolute atomic E-state index is 0.127. The highest BCUT2D eigenvalue weighted by Crippen LogP contribution is 2.40. The standard InChI is InChI=1S/C21H24FN3O3S/c22-15-5-3-13(4-6-15)16-11-17(16)23-8-1-2-20(26)25-9-7-18-14(12-25)10-19(29-18)21(27)24-28/h3-6,10,16-17,23,28H,1-2,7-9,11-12H2,(H,24,27). The van der Waals surface area contributed by atoms with Gasteiger partial charge in [-0.05, 0) is 55.1 Å². The quantitative estimate of drug-likeness (QED) is 0.368. The van der Waals surface area contributed by atoms with Crippen LogP contribution in [0.2, 0.25) is 0 Å². The zero-order valence-electron chi connectivity index (χ0n) is 16.0. The van der Waals surface area contributed by atoms with E-state index in [4.69, 9.17) is 5.21 Å². The first kappa shape index (κ1) is 20.0. The molecular formula is C21H24FN3O3S. The predicted octanol–water partition coefficient (Wildman–Crippen LogP) is 2.82. The van der Waals surface area contributed by atoms with Gasteiger partial charge in [0.25, 0.3) is 5.91 Å². The van der Waals surface area contributed by atoms with Crippen LogP contribution in [0.4, 0.5) is 4.39 Å². The maximum atomic E-state index is 13.0. The van der Waals surface area contributed by atoms with E-state index in [2.05, 4.69) is 5.32 Å². The largest absolute Gasteiger partial charge is 0.338 e. The van der Waals surface area contributed by atoms with E-state index in [9.17, 15) is 14.0 Å². The van der Waals surface area contributed by atoms with Gasteiger partial charge in [0.15, 0.2) is 0 Å². The molecule has 2 aromatic rings. The normalized spacial score (nSPS) is 20.3. The SMILES string of the molecule is O=C(NO)c1cc2c(s1)CCN(C(=O)CCCNC1CC1c1ccc(F)cc1)C2. The van der Waals surface area contributed by atoms with Crippen LogP contribution in [0.5, 0.6) is 0 Å². The van der Waals surface area contributed by atoms with Gasteiger partial charge in [-0.15, -0.1) is 11.3 Å². The number of fused-ring (bicyclic) bond motifs is 1. The Bertz CT molecular complexity index is 899. The highest BCUT2D eigenvalue weighted by molar-refractivity contribution is 7.14. The fourth-order valence-corrected chi connectivity index (χ4v) is 4.95. The lowest BCUT2D eigenvalue weighted by Crippen LogP contribution is -2.35. The van der Waals surface area contributed by atoms with Gasteiger partial charge in [-0.3, -0.25) is 14.8 Å². The van der Waals surface area contributed by atoms with E-state index < -0.39 is 5.91 Å². The summed E-state index contributed by atoms with van der Waals surface area (Å²) in [7, 11) is 0. The van der Waals surface area contributed by atoms with Gasteiger partial charge >= 0.3 is 0 Å². The van der Waals surface area contributed by atoms with Crippen molar-refractivity contribution in [2.45, 2.75) is 44.2 Å². The number of nitrogens with one attached hydrogen (secondary N) is 2. The van der Waals surface area contributed by atoms with Crippen LogP contribution >= 0.6 is 11.3 Å². The first-order valence-electron chi connectivity index (χ1n) is 9.88. The summed E-state index contributed by atoms with van der Waals surface area (Å²) >= 11 is 1.37. The molecule has 1 saturated carbocycles. The number of rotatable bonds is 7. The number of benzene rings is 1. The third-order valence-corrected chi connectivity index (χ3v) is 6.84. The molecule has 2 heterocycles. The maximum Gasteiger partial charge on any atom is 0.284 e. The average Bonchev–Trinajstić information content (AvgIpc) is 3.38. The average molecular weight is 418 g/mol. The summed E-state index contributed by atoms with van der Waals surface area (Å²) < 4.78 is 13.0. The molecule has 2 aliphatic rings. The first-order chi connectivity index (χ1) is 14.0. The van der Waals surface area contributed by atoms with Gasteiger partial charge in [0, 0.05) is 36.3 Å². The van der Waals surface area contributed by atoms with E-state index in [0.29, 0.717) is 36.3 Å². The fraction of sp³-hybridized carbons (Fsp3) is 0.429. The van der Waals surface area contributed by atoms with Crippen molar-refractivity contribution in [1.82, 2.24) is 15.7 Å². The maximum absolute atomic E-state index is 13.0. The number of carbonyl (C=O) groups excluding carboxylic acids is 2. The van der Waals surface area contributed by atoms with Gasteiger partial charge in [-0.25, -0.2) is 9.87 Å². The van der Waals surface area contributed by atoms with Gasteiger partial charge in [0.05, 0.1) is 4.88 Å². The Morgan fingerprint density at radius 3 is 2.83 bits per heavy atom. The molecule has 8 heteroatoms. The van der Waals surface area contributed by atoms with Crippen LogP contribution in [0, 0.1) is 5.82 Å². The molecule has 0 radical (unpaired) electrons. The number of hydroxylamine groups is 1. The molecule has 1 aromatic carbocycles. The topological polar surface area (TPSA) is 81.7 Å². The third-order valence-electron chi connectivity index (χ3n) is 5.61. The molecule has 6 nitrogen and oxygen atoms in total. The van der Waals surface area contributed by atoms with E-state index in [0.717, 1.165) is 41.8 Å². The minimum atomic E-state index is -0.507. The number of thiophene rings is 1. The Balaban J connectivity index is 1.18. The molecule has 0 saturated heterocycles. The Morgan fingerprint density at radius 1 is 1.28 bits per heavy atom. The van der Waals surface area contributed by atoms with Crippen molar-refractivity contribution in [3.8, 4) is 0 Å². The van der Waals surface area contributed by atoms with E-state index >= 15 is 0 Å². The number of halogens is 1. The first-order valence-corrected chi connectivity index (χ1v) is 10.7. The predicted molar refractivity (Wildman–Crippen MR) is 107 cm³/mol. The molecule has 29 heavy (non-hydrogen) atoms. The van der Waals surface area contributed by atoms with E-state index in [1.807, 2.05) is 17.0 Å². The third kappa shape index (κ3) is 4.66. The van der Waals surface area contributed by atoms with Crippen molar-refractivity contribution in [2.24, 2.45) is 0 Å². The van der Waals surface area contributed by atoms with Crippen LogP contribution in [0.25, 0.3) is 0 Å². The molecule has 1 fully saturated rings. The van der Waals surface area contributed by atoms with Crippen LogP contribution in [0.15, 0.2) is 30.3 Å². The van der Waals surface area contributed by atoms with Gasteiger partial charge < -0.3 is 10.2 Å². The minimum Gasteiger partial charge on any atom is -0.338 e. The van der Waals surface area contributed by atoms with Crippen molar-refractivity contribution in [2.75, 3.05) is 13.1 Å². The summed E-state index contributed by atoms with van der Waals surface area (Å²) in [6.45, 7) is 1.97. The highest BCUT2D eigenvalue weighted by atomic mass is 32.1. The number of nitrogens with zero attached hydrogens (tertiary/aromatic N) is 1. The number of hydrogen-bond donors (Lipinski definition) is 3. The summed E-state index contributed by atoms with van der Waals surface area (Å²) in [5.74, 6) is -0.150. The Hall–Kier alpha value is -2.29. The molecule has 3 N–H and O–H groups in total. The summed E-state index contributed by atoms with van der Waals surface area (Å²) in [4.78, 5) is 27.5. The number of hydrogen-bond acceptors (Lipinski definition) is 5. The molecule has 2 amide bonds. The van der Waals surface area contributed by atoms with Gasteiger partial charge in [0.1, 0.15) is 5.82 Å². The zero-order chi connectivity index (χ0) is 20.4. The van der Waals surface area contributed by atoms with Crippen LogP contribution in [-0.2, 0) is 17.8 Å². The van der Waals surface area contributed by atoms with Crippen molar-refractivity contribution in [3.05, 3.63) is 57.0 Å². The molecule has 2 unspecified atom stereocenters. The lowest BCUT2D eigenvalue weighted by Gasteiger charge is -2.27. The van der Waals surface area contributed by atoms with Gasteiger partial charge in [-0.2, -0.15) is 0 Å². The van der Waals surface area contributed by atoms with Crippen molar-refractivity contribution < 1.29 is 19.2 Å². The molecule has 1 aliphatic carbocycles. The van der Waals surface area contributed by atoms with E-state index in [-0.39, 0.29) is 11.7 Å². The summed E-state index contributed by atoms with van der Waals surface area (Å²) in [6, 6.07) is 8.86. The van der Waals surface area contributed by atoms with Crippen LogP contribution in [-0.4, -0.2) is 41.1 Å².